The van der Waals surface area contributed by atoms with Crippen LogP contribution in [0.1, 0.15) is 41.8 Å². The van der Waals surface area contributed by atoms with Gasteiger partial charge in [-0.05, 0) is 42.2 Å². The minimum atomic E-state index is -0.286. The molecular formula is C24H25NOS. The lowest BCUT2D eigenvalue weighted by molar-refractivity contribution is -0.121. The first kappa shape index (κ1) is 19.2. The van der Waals surface area contributed by atoms with Gasteiger partial charge in [0.15, 0.2) is 0 Å². The fourth-order valence-corrected chi connectivity index (χ4v) is 4.01. The predicted molar refractivity (Wildman–Crippen MR) is 114 cm³/mol. The first-order valence-corrected chi connectivity index (χ1v) is 10.2. The van der Waals surface area contributed by atoms with Gasteiger partial charge in [-0.3, -0.25) is 4.79 Å². The van der Waals surface area contributed by atoms with Gasteiger partial charge in [-0.25, -0.2) is 0 Å². The number of carbonyl (C=O) groups is 1. The van der Waals surface area contributed by atoms with Gasteiger partial charge in [0, 0.05) is 4.90 Å². The average Bonchev–Trinajstić information content (AvgIpc) is 2.73. The van der Waals surface area contributed by atoms with E-state index in [1.165, 1.54) is 5.56 Å². The van der Waals surface area contributed by atoms with Crippen molar-refractivity contribution in [3.63, 3.8) is 0 Å². The number of carbonyl (C=O) groups excluding carboxylic acids is 1. The lowest BCUT2D eigenvalue weighted by atomic mass is 10.0. The molecule has 0 heterocycles. The van der Waals surface area contributed by atoms with Crippen LogP contribution in [0.3, 0.4) is 0 Å². The summed E-state index contributed by atoms with van der Waals surface area (Å²) in [6.45, 7) is 4.18. The van der Waals surface area contributed by atoms with E-state index in [0.29, 0.717) is 0 Å². The van der Waals surface area contributed by atoms with Crippen LogP contribution in [0.4, 0.5) is 0 Å². The minimum Gasteiger partial charge on any atom is -0.348 e. The van der Waals surface area contributed by atoms with Crippen molar-refractivity contribution >= 4 is 17.7 Å². The highest BCUT2D eigenvalue weighted by molar-refractivity contribution is 8.00. The van der Waals surface area contributed by atoms with Crippen LogP contribution in [0.5, 0.6) is 0 Å². The molecule has 0 aliphatic rings. The van der Waals surface area contributed by atoms with E-state index in [2.05, 4.69) is 36.5 Å². The lowest BCUT2D eigenvalue weighted by Gasteiger charge is -2.21. The van der Waals surface area contributed by atoms with Crippen LogP contribution in [0.2, 0.25) is 0 Å². The summed E-state index contributed by atoms with van der Waals surface area (Å²) < 4.78 is 0. The molecule has 0 saturated heterocycles. The fraction of sp³-hybridized carbons (Fsp3) is 0.208. The summed E-state index contributed by atoms with van der Waals surface area (Å²) in [7, 11) is 0. The Morgan fingerprint density at radius 3 is 2.04 bits per heavy atom. The van der Waals surface area contributed by atoms with E-state index in [0.717, 1.165) is 22.4 Å². The van der Waals surface area contributed by atoms with Gasteiger partial charge in [0.05, 0.1) is 6.04 Å². The van der Waals surface area contributed by atoms with Crippen LogP contribution in [-0.4, -0.2) is 5.91 Å². The molecule has 0 bridgehead atoms. The maximum absolute atomic E-state index is 13.1. The molecule has 2 atom stereocenters. The van der Waals surface area contributed by atoms with Gasteiger partial charge >= 0.3 is 0 Å². The average molecular weight is 376 g/mol. The molecule has 3 rings (SSSR count). The van der Waals surface area contributed by atoms with Crippen molar-refractivity contribution in [2.75, 3.05) is 0 Å². The van der Waals surface area contributed by atoms with Gasteiger partial charge in [0.25, 0.3) is 0 Å². The van der Waals surface area contributed by atoms with Crippen molar-refractivity contribution in [1.82, 2.24) is 5.32 Å². The number of rotatable bonds is 7. The van der Waals surface area contributed by atoms with Crippen LogP contribution in [0.25, 0.3) is 0 Å². The van der Waals surface area contributed by atoms with Crippen molar-refractivity contribution in [2.24, 2.45) is 0 Å². The molecule has 0 unspecified atom stereocenters. The molecule has 2 nitrogen and oxygen atoms in total. The first-order chi connectivity index (χ1) is 13.2. The van der Waals surface area contributed by atoms with Gasteiger partial charge in [-0.2, -0.15) is 0 Å². The molecule has 1 amide bonds. The van der Waals surface area contributed by atoms with E-state index in [1.807, 2.05) is 67.6 Å². The van der Waals surface area contributed by atoms with Crippen LogP contribution in [0.15, 0.2) is 89.8 Å². The van der Waals surface area contributed by atoms with Crippen molar-refractivity contribution in [1.29, 1.82) is 0 Å². The molecule has 3 aromatic rings. The zero-order valence-corrected chi connectivity index (χ0v) is 16.6. The molecule has 0 saturated carbocycles. The Morgan fingerprint density at radius 2 is 1.44 bits per heavy atom. The molecule has 0 aromatic heterocycles. The van der Waals surface area contributed by atoms with E-state index in [4.69, 9.17) is 0 Å². The van der Waals surface area contributed by atoms with Crippen LogP contribution >= 0.6 is 11.8 Å². The summed E-state index contributed by atoms with van der Waals surface area (Å²) in [6, 6.07) is 28.5. The molecule has 0 spiro atoms. The SMILES string of the molecule is CCc1ccc([C@H](C)NC(=O)[C@H](Sc2ccccc2)c2ccccc2)cc1. The van der Waals surface area contributed by atoms with E-state index >= 15 is 0 Å². The molecule has 138 valence electrons. The molecule has 1 N–H and O–H groups in total. The second kappa shape index (κ2) is 9.43. The standard InChI is InChI=1S/C24H25NOS/c1-3-19-14-16-20(17-15-19)18(2)25-24(26)23(21-10-6-4-7-11-21)27-22-12-8-5-9-13-22/h4-18,23H,3H2,1-2H3,(H,25,26)/t18-,23+/m0/s1. The topological polar surface area (TPSA) is 29.1 Å². The molecule has 0 aliphatic carbocycles. The number of benzene rings is 3. The van der Waals surface area contributed by atoms with Gasteiger partial charge in [-0.15, -0.1) is 11.8 Å². The molecule has 0 aliphatic heterocycles. The first-order valence-electron chi connectivity index (χ1n) is 9.33. The summed E-state index contributed by atoms with van der Waals surface area (Å²) in [4.78, 5) is 14.2. The van der Waals surface area contributed by atoms with Crippen LogP contribution in [-0.2, 0) is 11.2 Å². The van der Waals surface area contributed by atoms with Gasteiger partial charge in [0.1, 0.15) is 5.25 Å². The van der Waals surface area contributed by atoms with E-state index in [1.54, 1.807) is 11.8 Å². The zero-order valence-electron chi connectivity index (χ0n) is 15.8. The summed E-state index contributed by atoms with van der Waals surface area (Å²) in [5, 5.41) is 2.91. The molecule has 0 radical (unpaired) electrons. The maximum Gasteiger partial charge on any atom is 0.238 e. The molecule has 27 heavy (non-hydrogen) atoms. The molecule has 0 fully saturated rings. The van der Waals surface area contributed by atoms with E-state index < -0.39 is 0 Å². The maximum atomic E-state index is 13.1. The Bertz CT molecular complexity index is 847. The van der Waals surface area contributed by atoms with Crippen LogP contribution in [0, 0.1) is 0 Å². The summed E-state index contributed by atoms with van der Waals surface area (Å²) >= 11 is 1.58. The van der Waals surface area contributed by atoms with Crippen molar-refractivity contribution in [2.45, 2.75) is 36.5 Å². The highest BCUT2D eigenvalue weighted by Crippen LogP contribution is 2.35. The van der Waals surface area contributed by atoms with Gasteiger partial charge in [0.2, 0.25) is 5.91 Å². The van der Waals surface area contributed by atoms with Gasteiger partial charge in [-0.1, -0.05) is 79.7 Å². The second-order valence-corrected chi connectivity index (χ2v) is 7.73. The summed E-state index contributed by atoms with van der Waals surface area (Å²) in [5.41, 5.74) is 3.44. The van der Waals surface area contributed by atoms with E-state index in [-0.39, 0.29) is 17.2 Å². The summed E-state index contributed by atoms with van der Waals surface area (Å²) in [6.07, 6.45) is 1.02. The Balaban J connectivity index is 1.77. The van der Waals surface area contributed by atoms with Crippen molar-refractivity contribution < 1.29 is 4.79 Å². The summed E-state index contributed by atoms with van der Waals surface area (Å²) in [5.74, 6) is 0.0297. The van der Waals surface area contributed by atoms with Crippen molar-refractivity contribution in [3.05, 3.63) is 102 Å². The van der Waals surface area contributed by atoms with E-state index in [9.17, 15) is 4.79 Å². The molecule has 3 heteroatoms. The highest BCUT2D eigenvalue weighted by Gasteiger charge is 2.23. The third-order valence-electron chi connectivity index (χ3n) is 4.58. The predicted octanol–water partition coefficient (Wildman–Crippen LogP) is 5.96. The smallest absolute Gasteiger partial charge is 0.238 e. The monoisotopic (exact) mass is 375 g/mol. The number of hydrogen-bond donors (Lipinski definition) is 1. The van der Waals surface area contributed by atoms with Crippen molar-refractivity contribution in [3.8, 4) is 0 Å². The van der Waals surface area contributed by atoms with Crippen LogP contribution < -0.4 is 5.32 Å². The normalized spacial score (nSPS) is 13.0. The second-order valence-electron chi connectivity index (χ2n) is 6.55. The molecule has 3 aromatic carbocycles. The number of hydrogen-bond acceptors (Lipinski definition) is 2. The Morgan fingerprint density at radius 1 is 0.852 bits per heavy atom. The Kier molecular flexibility index (Phi) is 6.72. The highest BCUT2D eigenvalue weighted by atomic mass is 32.2. The number of aryl methyl sites for hydroxylation is 1. The third-order valence-corrected chi connectivity index (χ3v) is 5.85. The zero-order chi connectivity index (χ0) is 19.1. The minimum absolute atomic E-state index is 0.0297. The lowest BCUT2D eigenvalue weighted by Crippen LogP contribution is -2.30. The number of thioether (sulfide) groups is 1. The largest absolute Gasteiger partial charge is 0.348 e. The quantitative estimate of drug-likeness (QED) is 0.516. The number of amides is 1. The number of nitrogens with one attached hydrogen (secondary N) is 1. The fourth-order valence-electron chi connectivity index (χ4n) is 2.95. The molecular weight excluding hydrogens is 350 g/mol. The Labute approximate surface area is 166 Å². The Hall–Kier alpha value is -2.52. The van der Waals surface area contributed by atoms with Gasteiger partial charge < -0.3 is 5.32 Å². The third kappa shape index (κ3) is 5.24.